The molecule has 1 N–H and O–H groups in total. The molecule has 0 bridgehead atoms. The number of aryl methyl sites for hydroxylation is 2. The summed E-state index contributed by atoms with van der Waals surface area (Å²) in [6.07, 6.45) is 3.21. The highest BCUT2D eigenvalue weighted by Gasteiger charge is 2.20. The zero-order chi connectivity index (χ0) is 19.7. The Hall–Kier alpha value is -2.95. The van der Waals surface area contributed by atoms with Crippen molar-refractivity contribution in [1.29, 1.82) is 0 Å². The Morgan fingerprint density at radius 1 is 1.26 bits per heavy atom. The van der Waals surface area contributed by atoms with Crippen LogP contribution in [0.15, 0.2) is 22.9 Å². The van der Waals surface area contributed by atoms with Gasteiger partial charge in [-0.15, -0.1) is 0 Å². The molecule has 11 heteroatoms. The van der Waals surface area contributed by atoms with Crippen molar-refractivity contribution in [2.75, 3.05) is 12.4 Å². The summed E-state index contributed by atoms with van der Waals surface area (Å²) < 4.78 is 10.4. The number of ether oxygens (including phenoxy) is 1. The fourth-order valence-corrected chi connectivity index (χ4v) is 2.81. The first kappa shape index (κ1) is 18.8. The molecule has 0 aliphatic carbocycles. The Morgan fingerprint density at radius 2 is 2.00 bits per heavy atom. The minimum absolute atomic E-state index is 0.0280. The normalized spacial score (nSPS) is 10.9. The first-order chi connectivity index (χ1) is 12.8. The smallest absolute Gasteiger partial charge is 0.360 e. The van der Waals surface area contributed by atoms with Crippen LogP contribution in [0, 0.1) is 13.8 Å². The SMILES string of the molecule is COC(=O)c1nn(C)cc1NC(=O)c1ccn(Cn2nc(C)c(Br)c2C)n1. The average Bonchev–Trinajstić information content (AvgIpc) is 3.30. The van der Waals surface area contributed by atoms with Gasteiger partial charge in [0.2, 0.25) is 0 Å². The zero-order valence-corrected chi connectivity index (χ0v) is 16.8. The van der Waals surface area contributed by atoms with Crippen molar-refractivity contribution in [3.05, 3.63) is 45.7 Å². The van der Waals surface area contributed by atoms with E-state index in [9.17, 15) is 9.59 Å². The monoisotopic (exact) mass is 435 g/mol. The Bertz CT molecular complexity index is 1020. The molecule has 0 saturated carbocycles. The van der Waals surface area contributed by atoms with Gasteiger partial charge in [-0.05, 0) is 35.8 Å². The van der Waals surface area contributed by atoms with E-state index in [1.165, 1.54) is 18.0 Å². The number of hydrogen-bond acceptors (Lipinski definition) is 6. The third-order valence-corrected chi connectivity index (χ3v) is 5.05. The number of amides is 1. The molecule has 3 aromatic heterocycles. The van der Waals surface area contributed by atoms with Crippen LogP contribution in [0.1, 0.15) is 32.4 Å². The molecular formula is C16H18BrN7O3. The van der Waals surface area contributed by atoms with E-state index in [0.717, 1.165) is 15.9 Å². The molecule has 3 rings (SSSR count). The topological polar surface area (TPSA) is 109 Å². The summed E-state index contributed by atoms with van der Waals surface area (Å²) in [4.78, 5) is 24.2. The van der Waals surface area contributed by atoms with Crippen LogP contribution in [0.5, 0.6) is 0 Å². The van der Waals surface area contributed by atoms with Crippen LogP contribution in [0.2, 0.25) is 0 Å². The minimum atomic E-state index is -0.633. The molecule has 0 aliphatic rings. The first-order valence-electron chi connectivity index (χ1n) is 7.96. The number of halogens is 1. The Labute approximate surface area is 163 Å². The number of rotatable bonds is 5. The maximum Gasteiger partial charge on any atom is 0.360 e. The number of esters is 1. The second kappa shape index (κ2) is 7.35. The highest BCUT2D eigenvalue weighted by Crippen LogP contribution is 2.20. The molecule has 0 saturated heterocycles. The summed E-state index contributed by atoms with van der Waals surface area (Å²) >= 11 is 3.48. The minimum Gasteiger partial charge on any atom is -0.464 e. The van der Waals surface area contributed by atoms with Gasteiger partial charge >= 0.3 is 5.97 Å². The predicted molar refractivity (Wildman–Crippen MR) is 99.5 cm³/mol. The quantitative estimate of drug-likeness (QED) is 0.611. The number of methoxy groups -OCH3 is 1. The number of hydrogen-bond donors (Lipinski definition) is 1. The van der Waals surface area contributed by atoms with E-state index in [2.05, 4.69) is 41.3 Å². The highest BCUT2D eigenvalue weighted by atomic mass is 79.9. The van der Waals surface area contributed by atoms with Gasteiger partial charge in [-0.3, -0.25) is 14.2 Å². The van der Waals surface area contributed by atoms with Gasteiger partial charge in [-0.2, -0.15) is 15.3 Å². The van der Waals surface area contributed by atoms with Gasteiger partial charge in [0.1, 0.15) is 6.67 Å². The van der Waals surface area contributed by atoms with Crippen molar-refractivity contribution in [2.24, 2.45) is 7.05 Å². The lowest BCUT2D eigenvalue weighted by Crippen LogP contribution is -2.17. The molecule has 0 aromatic carbocycles. The van der Waals surface area contributed by atoms with Crippen molar-refractivity contribution < 1.29 is 14.3 Å². The van der Waals surface area contributed by atoms with Crippen molar-refractivity contribution >= 4 is 33.5 Å². The fourth-order valence-electron chi connectivity index (χ4n) is 2.53. The third kappa shape index (κ3) is 3.77. The summed E-state index contributed by atoms with van der Waals surface area (Å²) in [7, 11) is 2.89. The van der Waals surface area contributed by atoms with E-state index in [1.807, 2.05) is 13.8 Å². The summed E-state index contributed by atoms with van der Waals surface area (Å²) in [6.45, 7) is 4.21. The van der Waals surface area contributed by atoms with Crippen molar-refractivity contribution in [3.8, 4) is 0 Å². The summed E-state index contributed by atoms with van der Waals surface area (Å²) in [5, 5.41) is 15.3. The number of aromatic nitrogens is 6. The molecule has 0 radical (unpaired) electrons. The third-order valence-electron chi connectivity index (χ3n) is 3.90. The molecule has 1 amide bonds. The number of carbonyl (C=O) groups is 2. The van der Waals surface area contributed by atoms with Crippen LogP contribution in [-0.2, 0) is 18.5 Å². The maximum absolute atomic E-state index is 12.5. The van der Waals surface area contributed by atoms with Gasteiger partial charge in [-0.1, -0.05) is 0 Å². The second-order valence-electron chi connectivity index (χ2n) is 5.88. The van der Waals surface area contributed by atoms with Crippen LogP contribution in [0.4, 0.5) is 5.69 Å². The average molecular weight is 436 g/mol. The van der Waals surface area contributed by atoms with E-state index < -0.39 is 11.9 Å². The molecule has 0 aliphatic heterocycles. The molecule has 27 heavy (non-hydrogen) atoms. The fraction of sp³-hybridized carbons (Fsp3) is 0.312. The summed E-state index contributed by atoms with van der Waals surface area (Å²) in [5.41, 5.74) is 2.33. The molecular weight excluding hydrogens is 418 g/mol. The first-order valence-corrected chi connectivity index (χ1v) is 8.75. The lowest BCUT2D eigenvalue weighted by molar-refractivity contribution is 0.0594. The van der Waals surface area contributed by atoms with Crippen molar-refractivity contribution in [3.63, 3.8) is 0 Å². The number of nitrogens with one attached hydrogen (secondary N) is 1. The number of carbonyl (C=O) groups excluding carboxylic acids is 2. The van der Waals surface area contributed by atoms with Crippen LogP contribution < -0.4 is 5.32 Å². The Kier molecular flexibility index (Phi) is 5.13. The predicted octanol–water partition coefficient (Wildman–Crippen LogP) is 1.74. The van der Waals surface area contributed by atoms with Gasteiger partial charge in [0.25, 0.3) is 5.91 Å². The molecule has 3 heterocycles. The molecule has 3 aromatic rings. The van der Waals surface area contributed by atoms with E-state index in [0.29, 0.717) is 6.67 Å². The van der Waals surface area contributed by atoms with E-state index in [4.69, 9.17) is 0 Å². The van der Waals surface area contributed by atoms with Gasteiger partial charge in [0, 0.05) is 19.4 Å². The van der Waals surface area contributed by atoms with Gasteiger partial charge in [0.05, 0.1) is 28.7 Å². The summed E-state index contributed by atoms with van der Waals surface area (Å²) in [6, 6.07) is 1.59. The molecule has 10 nitrogen and oxygen atoms in total. The van der Waals surface area contributed by atoms with E-state index in [-0.39, 0.29) is 17.1 Å². The summed E-state index contributed by atoms with van der Waals surface area (Å²) in [5.74, 6) is -1.09. The van der Waals surface area contributed by atoms with E-state index >= 15 is 0 Å². The standard InChI is InChI=1S/C16H18BrN7O3/c1-9-13(17)10(2)24(19-9)8-23-6-5-11(20-23)15(25)18-12-7-22(3)21-14(12)16(26)27-4/h5-7H,8H2,1-4H3,(H,18,25). The maximum atomic E-state index is 12.5. The zero-order valence-electron chi connectivity index (χ0n) is 15.2. The number of nitrogens with zero attached hydrogens (tertiary/aromatic N) is 6. The molecule has 0 fully saturated rings. The van der Waals surface area contributed by atoms with Crippen molar-refractivity contribution in [2.45, 2.75) is 20.5 Å². The molecule has 0 atom stereocenters. The lowest BCUT2D eigenvalue weighted by Gasteiger charge is -2.05. The van der Waals surface area contributed by atoms with Crippen LogP contribution in [0.25, 0.3) is 0 Å². The van der Waals surface area contributed by atoms with Gasteiger partial charge < -0.3 is 10.1 Å². The largest absolute Gasteiger partial charge is 0.464 e. The van der Waals surface area contributed by atoms with Crippen molar-refractivity contribution in [1.82, 2.24) is 29.3 Å². The second-order valence-corrected chi connectivity index (χ2v) is 6.67. The number of anilines is 1. The highest BCUT2D eigenvalue weighted by molar-refractivity contribution is 9.10. The van der Waals surface area contributed by atoms with Crippen LogP contribution >= 0.6 is 15.9 Å². The van der Waals surface area contributed by atoms with Gasteiger partial charge in [-0.25, -0.2) is 9.48 Å². The molecule has 0 spiro atoms. The Balaban J connectivity index is 1.76. The Morgan fingerprint density at radius 3 is 2.63 bits per heavy atom. The molecule has 142 valence electrons. The van der Waals surface area contributed by atoms with Gasteiger partial charge in [0.15, 0.2) is 11.4 Å². The van der Waals surface area contributed by atoms with E-state index in [1.54, 1.807) is 28.7 Å². The molecule has 0 unspecified atom stereocenters. The van der Waals surface area contributed by atoms with Crippen LogP contribution in [0.3, 0.4) is 0 Å². The van der Waals surface area contributed by atoms with Crippen LogP contribution in [-0.4, -0.2) is 48.3 Å². The lowest BCUT2D eigenvalue weighted by atomic mass is 10.3.